The lowest BCUT2D eigenvalue weighted by Crippen LogP contribution is -2.21. The second kappa shape index (κ2) is 6.11. The highest BCUT2D eigenvalue weighted by molar-refractivity contribution is 5.25. The fourth-order valence-electron chi connectivity index (χ4n) is 1.79. The molecule has 0 aliphatic carbocycles. The maximum absolute atomic E-state index is 12.5. The Morgan fingerprint density at radius 2 is 2.00 bits per heavy atom. The highest BCUT2D eigenvalue weighted by atomic mass is 19.4. The van der Waals surface area contributed by atoms with Crippen molar-refractivity contribution in [2.24, 2.45) is 0 Å². The number of benzene rings is 1. The number of alkyl halides is 3. The van der Waals surface area contributed by atoms with Gasteiger partial charge in [0.05, 0.1) is 11.8 Å². The molecule has 3 nitrogen and oxygen atoms in total. The summed E-state index contributed by atoms with van der Waals surface area (Å²) in [6.07, 6.45) is -3.72. The molecule has 6 heteroatoms. The van der Waals surface area contributed by atoms with E-state index in [-0.39, 0.29) is 13.1 Å². The van der Waals surface area contributed by atoms with Crippen LogP contribution in [0.4, 0.5) is 13.2 Å². The maximum Gasteiger partial charge on any atom is 0.416 e. The van der Waals surface area contributed by atoms with Crippen molar-refractivity contribution < 1.29 is 22.7 Å². The van der Waals surface area contributed by atoms with E-state index in [2.05, 4.69) is 5.32 Å². The van der Waals surface area contributed by atoms with E-state index < -0.39 is 17.8 Å². The Morgan fingerprint density at radius 3 is 2.65 bits per heavy atom. The lowest BCUT2D eigenvalue weighted by molar-refractivity contribution is -0.137. The van der Waals surface area contributed by atoms with E-state index >= 15 is 0 Å². The van der Waals surface area contributed by atoms with Gasteiger partial charge in [-0.2, -0.15) is 13.2 Å². The first-order valence-electron chi connectivity index (χ1n) is 6.05. The minimum atomic E-state index is -4.34. The third-order valence-electron chi connectivity index (χ3n) is 2.79. The predicted octanol–water partition coefficient (Wildman–Crippen LogP) is 3.12. The number of rotatable bonds is 5. The molecule has 108 valence electrons. The molecule has 1 unspecified atom stereocenters. The molecule has 0 aliphatic heterocycles. The third-order valence-corrected chi connectivity index (χ3v) is 2.79. The predicted molar refractivity (Wildman–Crippen MR) is 66.8 cm³/mol. The summed E-state index contributed by atoms with van der Waals surface area (Å²) in [4.78, 5) is 0. The first-order valence-corrected chi connectivity index (χ1v) is 6.05. The number of furan rings is 1. The Balaban J connectivity index is 1.88. The van der Waals surface area contributed by atoms with Gasteiger partial charge < -0.3 is 14.8 Å². The third kappa shape index (κ3) is 3.85. The van der Waals surface area contributed by atoms with Crippen LogP contribution in [0.15, 0.2) is 47.1 Å². The summed E-state index contributed by atoms with van der Waals surface area (Å²) in [6, 6.07) is 8.37. The molecule has 2 N–H and O–H groups in total. The van der Waals surface area contributed by atoms with Crippen LogP contribution in [-0.4, -0.2) is 11.7 Å². The van der Waals surface area contributed by atoms with Crippen LogP contribution in [-0.2, 0) is 12.7 Å². The van der Waals surface area contributed by atoms with E-state index in [0.717, 1.165) is 12.1 Å². The second-order valence-electron chi connectivity index (χ2n) is 4.36. The van der Waals surface area contributed by atoms with Crippen molar-refractivity contribution in [3.63, 3.8) is 0 Å². The van der Waals surface area contributed by atoms with E-state index in [4.69, 9.17) is 4.42 Å². The normalized spacial score (nSPS) is 13.4. The summed E-state index contributed by atoms with van der Waals surface area (Å²) in [6.45, 7) is 0.436. The van der Waals surface area contributed by atoms with E-state index in [0.29, 0.717) is 11.3 Å². The van der Waals surface area contributed by atoms with Gasteiger partial charge in [0.2, 0.25) is 0 Å². The molecule has 0 bridgehead atoms. The molecule has 2 aromatic rings. The Bertz CT molecular complexity index is 538. The molecule has 0 radical (unpaired) electrons. The van der Waals surface area contributed by atoms with Crippen molar-refractivity contribution in [3.8, 4) is 0 Å². The molecule has 1 aromatic carbocycles. The highest BCUT2D eigenvalue weighted by Crippen LogP contribution is 2.29. The lowest BCUT2D eigenvalue weighted by Gasteiger charge is -2.11. The first kappa shape index (κ1) is 14.6. The Hall–Kier alpha value is -1.79. The molecule has 2 rings (SSSR count). The Morgan fingerprint density at radius 1 is 1.20 bits per heavy atom. The largest absolute Gasteiger partial charge is 0.467 e. The Labute approximate surface area is 114 Å². The zero-order valence-electron chi connectivity index (χ0n) is 10.5. The van der Waals surface area contributed by atoms with Crippen molar-refractivity contribution in [2.75, 3.05) is 6.54 Å². The Kier molecular flexibility index (Phi) is 4.46. The molecule has 1 atom stereocenters. The number of nitrogens with one attached hydrogen (secondary N) is 1. The summed E-state index contributed by atoms with van der Waals surface area (Å²) in [5.74, 6) is 0.418. The van der Waals surface area contributed by atoms with E-state index in [9.17, 15) is 18.3 Å². The lowest BCUT2D eigenvalue weighted by atomic mass is 10.1. The van der Waals surface area contributed by atoms with E-state index in [1.807, 2.05) is 0 Å². The van der Waals surface area contributed by atoms with Crippen molar-refractivity contribution in [1.29, 1.82) is 0 Å². The summed E-state index contributed by atoms with van der Waals surface area (Å²) >= 11 is 0. The zero-order chi connectivity index (χ0) is 14.6. The van der Waals surface area contributed by atoms with Gasteiger partial charge in [-0.25, -0.2) is 0 Å². The van der Waals surface area contributed by atoms with Gasteiger partial charge in [0.15, 0.2) is 0 Å². The van der Waals surface area contributed by atoms with Gasteiger partial charge in [-0.3, -0.25) is 0 Å². The van der Waals surface area contributed by atoms with Gasteiger partial charge in [0.1, 0.15) is 11.9 Å². The molecule has 0 fully saturated rings. The molecule has 0 saturated carbocycles. The van der Waals surface area contributed by atoms with Crippen LogP contribution in [0, 0.1) is 0 Å². The molecule has 0 aliphatic rings. The van der Waals surface area contributed by atoms with Gasteiger partial charge in [0, 0.05) is 13.1 Å². The minimum Gasteiger partial charge on any atom is -0.467 e. The van der Waals surface area contributed by atoms with Crippen molar-refractivity contribution >= 4 is 0 Å². The molecule has 1 aromatic heterocycles. The second-order valence-corrected chi connectivity index (χ2v) is 4.36. The quantitative estimate of drug-likeness (QED) is 0.887. The van der Waals surface area contributed by atoms with Crippen LogP contribution in [0.5, 0.6) is 0 Å². The fourth-order valence-corrected chi connectivity index (χ4v) is 1.79. The van der Waals surface area contributed by atoms with Gasteiger partial charge in [-0.05, 0) is 23.8 Å². The van der Waals surface area contributed by atoms with Crippen LogP contribution in [0.25, 0.3) is 0 Å². The van der Waals surface area contributed by atoms with Crippen molar-refractivity contribution in [2.45, 2.75) is 18.8 Å². The summed E-state index contributed by atoms with van der Waals surface area (Å²) in [7, 11) is 0. The molecule has 0 amide bonds. The summed E-state index contributed by atoms with van der Waals surface area (Å²) < 4.78 is 42.6. The van der Waals surface area contributed by atoms with E-state index in [1.54, 1.807) is 18.2 Å². The molecule has 20 heavy (non-hydrogen) atoms. The number of aliphatic hydroxyl groups excluding tert-OH is 1. The van der Waals surface area contributed by atoms with Gasteiger partial charge in [-0.1, -0.05) is 18.2 Å². The molecule has 0 spiro atoms. The SMILES string of the molecule is OC(CNCc1cccc(C(F)(F)F)c1)c1ccco1. The minimum absolute atomic E-state index is 0.198. The van der Waals surface area contributed by atoms with Crippen molar-refractivity contribution in [1.82, 2.24) is 5.32 Å². The molecule has 1 heterocycles. The number of hydrogen-bond acceptors (Lipinski definition) is 3. The van der Waals surface area contributed by atoms with Crippen LogP contribution >= 0.6 is 0 Å². The van der Waals surface area contributed by atoms with Crippen molar-refractivity contribution in [3.05, 3.63) is 59.5 Å². The number of halogens is 3. The summed E-state index contributed by atoms with van der Waals surface area (Å²) in [5, 5.41) is 12.6. The summed E-state index contributed by atoms with van der Waals surface area (Å²) in [5.41, 5.74) is -0.171. The van der Waals surface area contributed by atoms with Crippen LogP contribution in [0.2, 0.25) is 0 Å². The molecule has 0 saturated heterocycles. The van der Waals surface area contributed by atoms with Gasteiger partial charge in [0.25, 0.3) is 0 Å². The fraction of sp³-hybridized carbons (Fsp3) is 0.286. The maximum atomic E-state index is 12.5. The zero-order valence-corrected chi connectivity index (χ0v) is 10.5. The average Bonchev–Trinajstić information content (AvgIpc) is 2.92. The highest BCUT2D eigenvalue weighted by Gasteiger charge is 2.30. The first-order chi connectivity index (χ1) is 9.47. The monoisotopic (exact) mass is 285 g/mol. The average molecular weight is 285 g/mol. The van der Waals surface area contributed by atoms with Gasteiger partial charge >= 0.3 is 6.18 Å². The standard InChI is InChI=1S/C14H14F3NO2/c15-14(16,17)11-4-1-3-10(7-11)8-18-9-12(19)13-5-2-6-20-13/h1-7,12,18-19H,8-9H2. The smallest absolute Gasteiger partial charge is 0.416 e. The van der Waals surface area contributed by atoms with Crippen LogP contribution in [0.1, 0.15) is 23.0 Å². The van der Waals surface area contributed by atoms with Crippen LogP contribution < -0.4 is 5.32 Å². The van der Waals surface area contributed by atoms with Crippen LogP contribution in [0.3, 0.4) is 0 Å². The topological polar surface area (TPSA) is 45.4 Å². The van der Waals surface area contributed by atoms with E-state index in [1.165, 1.54) is 12.3 Å². The molecular weight excluding hydrogens is 271 g/mol. The number of aliphatic hydroxyl groups is 1. The van der Waals surface area contributed by atoms with Gasteiger partial charge in [-0.15, -0.1) is 0 Å². The molecular formula is C14H14F3NO2. The number of hydrogen-bond donors (Lipinski definition) is 2.